The molecule has 1 fully saturated rings. The van der Waals surface area contributed by atoms with Crippen molar-refractivity contribution in [3.63, 3.8) is 0 Å². The number of hydrogen-bond acceptors (Lipinski definition) is 4. The number of halogens is 5. The lowest BCUT2D eigenvalue weighted by Crippen LogP contribution is -2.58. The number of rotatable bonds is 4. The van der Waals surface area contributed by atoms with Gasteiger partial charge in [-0.15, -0.1) is 0 Å². The Morgan fingerprint density at radius 1 is 1.16 bits per heavy atom. The zero-order valence-corrected chi connectivity index (χ0v) is 22.3. The van der Waals surface area contributed by atoms with Crippen LogP contribution in [-0.4, -0.2) is 40.9 Å². The summed E-state index contributed by atoms with van der Waals surface area (Å²) in [5.41, 5.74) is 1.22. The Labute approximate surface area is 232 Å². The molecule has 11 heteroatoms. The first-order chi connectivity index (χ1) is 18.1. The zero-order valence-electron chi connectivity index (χ0n) is 20.1. The number of aromatic nitrogens is 2. The highest BCUT2D eigenvalue weighted by Gasteiger charge is 2.42. The number of benzene rings is 2. The molecule has 1 atom stereocenters. The molecule has 2 aliphatic heterocycles. The summed E-state index contributed by atoms with van der Waals surface area (Å²) in [4.78, 5) is 15.4. The molecule has 1 amide bonds. The highest BCUT2D eigenvalue weighted by Crippen LogP contribution is 2.43. The highest BCUT2D eigenvalue weighted by atomic mass is 35.5. The second kappa shape index (κ2) is 9.29. The summed E-state index contributed by atoms with van der Waals surface area (Å²) in [5.74, 6) is -0.235. The van der Waals surface area contributed by atoms with Crippen LogP contribution in [0, 0.1) is 5.82 Å². The van der Waals surface area contributed by atoms with Crippen LogP contribution in [-0.2, 0) is 0 Å². The van der Waals surface area contributed by atoms with Gasteiger partial charge in [-0.1, -0.05) is 53.0 Å². The molecule has 1 N–H and O–H groups in total. The number of hydrogen-bond donors (Lipinski definition) is 1. The lowest BCUT2D eigenvalue weighted by atomic mass is 9.96. The van der Waals surface area contributed by atoms with Crippen molar-refractivity contribution in [1.29, 1.82) is 0 Å². The van der Waals surface area contributed by atoms with Gasteiger partial charge in [-0.2, -0.15) is 5.10 Å². The molecule has 0 unspecified atom stereocenters. The first-order valence-corrected chi connectivity index (χ1v) is 13.1. The van der Waals surface area contributed by atoms with Gasteiger partial charge in [0, 0.05) is 17.5 Å². The molecule has 6 nitrogen and oxygen atoms in total. The zero-order chi connectivity index (χ0) is 26.8. The molecule has 38 heavy (non-hydrogen) atoms. The van der Waals surface area contributed by atoms with E-state index in [1.165, 1.54) is 23.7 Å². The maximum Gasteiger partial charge on any atom is 0.255 e. The van der Waals surface area contributed by atoms with Gasteiger partial charge in [0.05, 0.1) is 69.5 Å². The van der Waals surface area contributed by atoms with Gasteiger partial charge in [0.25, 0.3) is 5.91 Å². The van der Waals surface area contributed by atoms with E-state index >= 15 is 0 Å². The molecule has 4 aromatic rings. The fraction of sp³-hybridized carbons (Fsp3) is 0.259. The number of carbonyl (C=O) groups is 1. The van der Waals surface area contributed by atoms with Crippen molar-refractivity contribution >= 4 is 51.9 Å². The van der Waals surface area contributed by atoms with E-state index in [0.717, 1.165) is 17.4 Å². The van der Waals surface area contributed by atoms with Gasteiger partial charge in [0.15, 0.2) is 0 Å². The number of alkyl halides is 1. The third kappa shape index (κ3) is 4.25. The number of fused-ring (bicyclic) bond motifs is 2. The minimum absolute atomic E-state index is 0.0246. The van der Waals surface area contributed by atoms with E-state index in [1.807, 2.05) is 24.3 Å². The fourth-order valence-corrected chi connectivity index (χ4v) is 5.87. The van der Waals surface area contributed by atoms with Crippen molar-refractivity contribution in [2.45, 2.75) is 25.1 Å². The van der Waals surface area contributed by atoms with Gasteiger partial charge in [-0.3, -0.25) is 4.79 Å². The molecule has 0 bridgehead atoms. The average Bonchev–Trinajstić information content (AvgIpc) is 3.20. The van der Waals surface area contributed by atoms with E-state index < -0.39 is 11.5 Å². The molecule has 2 aromatic carbocycles. The summed E-state index contributed by atoms with van der Waals surface area (Å²) in [6, 6.07) is 11.2. The molecule has 1 saturated heterocycles. The van der Waals surface area contributed by atoms with Crippen LogP contribution in [0.25, 0.3) is 16.8 Å². The van der Waals surface area contributed by atoms with Gasteiger partial charge in [0.1, 0.15) is 17.2 Å². The van der Waals surface area contributed by atoms with E-state index in [-0.39, 0.29) is 51.2 Å². The quantitative estimate of drug-likeness (QED) is 0.268. The molecule has 2 aliphatic rings. The van der Waals surface area contributed by atoms with Crippen molar-refractivity contribution in [2.24, 2.45) is 0 Å². The van der Waals surface area contributed by atoms with E-state index in [1.54, 1.807) is 11.0 Å². The largest absolute Gasteiger partial charge is 0.493 e. The van der Waals surface area contributed by atoms with E-state index in [2.05, 4.69) is 10.4 Å². The number of ether oxygens (including phenoxy) is 1. The van der Waals surface area contributed by atoms with Crippen LogP contribution >= 0.6 is 34.8 Å². The van der Waals surface area contributed by atoms with Crippen LogP contribution < -0.4 is 15.0 Å². The summed E-state index contributed by atoms with van der Waals surface area (Å²) in [7, 11) is 0. The summed E-state index contributed by atoms with van der Waals surface area (Å²) >= 11 is 19.2. The Kier molecular flexibility index (Phi) is 6.17. The Hall–Kier alpha value is -3.07. The molecule has 0 aliphatic carbocycles. The van der Waals surface area contributed by atoms with Crippen LogP contribution in [0.1, 0.15) is 35.3 Å². The molecular formula is C27H21Cl3F2N4O2. The van der Waals surface area contributed by atoms with Crippen LogP contribution in [0.5, 0.6) is 5.75 Å². The first-order valence-electron chi connectivity index (χ1n) is 11.9. The van der Waals surface area contributed by atoms with Crippen molar-refractivity contribution < 1.29 is 18.3 Å². The fourth-order valence-electron chi connectivity index (χ4n) is 5.18. The lowest BCUT2D eigenvalue weighted by Gasteiger charge is -2.44. The maximum atomic E-state index is 14.6. The summed E-state index contributed by atoms with van der Waals surface area (Å²) < 4.78 is 36.1. The van der Waals surface area contributed by atoms with Crippen LogP contribution in [0.15, 0.2) is 48.7 Å². The van der Waals surface area contributed by atoms with E-state index in [4.69, 9.17) is 39.5 Å². The lowest BCUT2D eigenvalue weighted by molar-refractivity contribution is 0.0922. The predicted octanol–water partition coefficient (Wildman–Crippen LogP) is 6.90. The third-order valence-corrected chi connectivity index (χ3v) is 7.93. The number of amides is 1. The van der Waals surface area contributed by atoms with Gasteiger partial charge in [-0.25, -0.2) is 13.3 Å². The van der Waals surface area contributed by atoms with Gasteiger partial charge in [-0.05, 0) is 31.2 Å². The molecule has 4 heterocycles. The minimum Gasteiger partial charge on any atom is -0.493 e. The molecule has 6 rings (SSSR count). The van der Waals surface area contributed by atoms with Gasteiger partial charge < -0.3 is 15.0 Å². The Morgan fingerprint density at radius 3 is 2.68 bits per heavy atom. The molecule has 2 aromatic heterocycles. The minimum atomic E-state index is -1.41. The summed E-state index contributed by atoms with van der Waals surface area (Å²) in [6.45, 7) is 2.13. The van der Waals surface area contributed by atoms with Gasteiger partial charge in [0.2, 0.25) is 0 Å². The highest BCUT2D eigenvalue weighted by molar-refractivity contribution is 6.44. The molecular weight excluding hydrogens is 557 g/mol. The second-order valence-corrected chi connectivity index (χ2v) is 11.0. The maximum absolute atomic E-state index is 14.6. The number of anilines is 1. The molecule has 0 spiro atoms. The second-order valence-electron chi connectivity index (χ2n) is 9.76. The topological polar surface area (TPSA) is 58.9 Å². The number of nitrogens with one attached hydrogen (secondary N) is 1. The van der Waals surface area contributed by atoms with Crippen molar-refractivity contribution in [3.8, 4) is 17.0 Å². The Bertz CT molecular complexity index is 1600. The van der Waals surface area contributed by atoms with E-state index in [0.29, 0.717) is 29.9 Å². The summed E-state index contributed by atoms with van der Waals surface area (Å²) in [6.07, 6.45) is 2.01. The van der Waals surface area contributed by atoms with Crippen LogP contribution in [0.2, 0.25) is 15.1 Å². The van der Waals surface area contributed by atoms with Crippen molar-refractivity contribution in [1.82, 2.24) is 14.9 Å². The molecule has 0 radical (unpaired) electrons. The van der Waals surface area contributed by atoms with Crippen LogP contribution in [0.4, 0.5) is 14.5 Å². The Balaban J connectivity index is 1.47. The van der Waals surface area contributed by atoms with Crippen molar-refractivity contribution in [2.75, 3.05) is 24.6 Å². The van der Waals surface area contributed by atoms with Crippen LogP contribution in [0.3, 0.4) is 0 Å². The SMILES string of the molecule is CC1(F)CN(c2c(C(=O)N[C@H]3CCOc4ccccc43)cnn3c(-c4cc(F)cc(Cl)c4Cl)c(Cl)cc23)C1. The third-order valence-electron chi connectivity index (χ3n) is 6.84. The monoisotopic (exact) mass is 576 g/mol. The van der Waals surface area contributed by atoms with Gasteiger partial charge >= 0.3 is 0 Å². The van der Waals surface area contributed by atoms with Crippen molar-refractivity contribution in [3.05, 3.63) is 80.7 Å². The Morgan fingerprint density at radius 2 is 1.92 bits per heavy atom. The first kappa shape index (κ1) is 25.2. The number of nitrogens with zero attached hydrogens (tertiary/aromatic N) is 3. The standard InChI is InChI=1S/C27H21Cl3F2N4O2/c1-27(32)12-35(13-27)25-17(26(37)34-20-6-7-38-22-5-3-2-4-15(20)22)11-33-36-21(25)10-19(29)24(36)16-8-14(31)9-18(28)23(16)30/h2-5,8-11,20H,6-7,12-13H2,1H3,(H,34,37)/t20-/m0/s1. The number of para-hydroxylation sites is 1. The predicted molar refractivity (Wildman–Crippen MR) is 144 cm³/mol. The normalized spacial score (nSPS) is 18.1. The summed E-state index contributed by atoms with van der Waals surface area (Å²) in [5, 5.41) is 7.92. The molecule has 0 saturated carbocycles. The smallest absolute Gasteiger partial charge is 0.255 e. The number of carbonyl (C=O) groups excluding carboxylic acids is 1. The molecule has 196 valence electrons. The average molecular weight is 578 g/mol. The van der Waals surface area contributed by atoms with E-state index in [9.17, 15) is 13.6 Å².